The summed E-state index contributed by atoms with van der Waals surface area (Å²) in [6.45, 7) is 2.23. The molecule has 0 aliphatic carbocycles. The lowest BCUT2D eigenvalue weighted by atomic mass is 10.1. The molecule has 21 heavy (non-hydrogen) atoms. The number of aryl methyl sites for hydroxylation is 1. The Morgan fingerprint density at radius 1 is 1.14 bits per heavy atom. The normalized spacial score (nSPS) is 10.2. The SMILES string of the molecule is COc1ccc(CCOC(=O)c2cc(C)ccc2N)cc1. The Balaban J connectivity index is 1.90. The van der Waals surface area contributed by atoms with Crippen molar-refractivity contribution in [3.05, 3.63) is 59.2 Å². The molecule has 0 saturated heterocycles. The molecule has 0 aromatic heterocycles. The van der Waals surface area contributed by atoms with Crippen LogP contribution < -0.4 is 10.5 Å². The number of nitrogen functional groups attached to an aromatic ring is 1. The number of hydrogen-bond donors (Lipinski definition) is 1. The van der Waals surface area contributed by atoms with Crippen LogP contribution in [0.25, 0.3) is 0 Å². The first-order chi connectivity index (χ1) is 10.1. The van der Waals surface area contributed by atoms with Gasteiger partial charge in [0.15, 0.2) is 0 Å². The van der Waals surface area contributed by atoms with Crippen molar-refractivity contribution in [1.29, 1.82) is 0 Å². The summed E-state index contributed by atoms with van der Waals surface area (Å²) >= 11 is 0. The first-order valence-electron chi connectivity index (χ1n) is 6.76. The zero-order chi connectivity index (χ0) is 15.2. The van der Waals surface area contributed by atoms with Gasteiger partial charge in [-0.25, -0.2) is 4.79 Å². The van der Waals surface area contributed by atoms with Crippen LogP contribution in [0.15, 0.2) is 42.5 Å². The molecule has 0 bridgehead atoms. The second-order valence-electron chi connectivity index (χ2n) is 4.82. The Labute approximate surface area is 124 Å². The van der Waals surface area contributed by atoms with Gasteiger partial charge in [0.2, 0.25) is 0 Å². The van der Waals surface area contributed by atoms with E-state index in [2.05, 4.69) is 0 Å². The molecule has 0 atom stereocenters. The van der Waals surface area contributed by atoms with Gasteiger partial charge in [0.25, 0.3) is 0 Å². The minimum Gasteiger partial charge on any atom is -0.497 e. The molecule has 2 aromatic rings. The van der Waals surface area contributed by atoms with E-state index in [4.69, 9.17) is 15.2 Å². The fourth-order valence-corrected chi connectivity index (χ4v) is 1.98. The van der Waals surface area contributed by atoms with Crippen LogP contribution in [-0.2, 0) is 11.2 Å². The van der Waals surface area contributed by atoms with Crippen LogP contribution in [0, 0.1) is 6.92 Å². The fraction of sp³-hybridized carbons (Fsp3) is 0.235. The van der Waals surface area contributed by atoms with Gasteiger partial charge >= 0.3 is 5.97 Å². The van der Waals surface area contributed by atoms with Crippen LogP contribution in [0.1, 0.15) is 21.5 Å². The maximum absolute atomic E-state index is 12.0. The van der Waals surface area contributed by atoms with Crippen molar-refractivity contribution in [2.75, 3.05) is 19.5 Å². The first-order valence-corrected chi connectivity index (χ1v) is 6.76. The molecule has 0 heterocycles. The van der Waals surface area contributed by atoms with E-state index < -0.39 is 0 Å². The summed E-state index contributed by atoms with van der Waals surface area (Å²) in [7, 11) is 1.63. The van der Waals surface area contributed by atoms with Crippen LogP contribution >= 0.6 is 0 Å². The average Bonchev–Trinajstić information content (AvgIpc) is 2.50. The van der Waals surface area contributed by atoms with Crippen LogP contribution in [0.3, 0.4) is 0 Å². The number of hydrogen-bond acceptors (Lipinski definition) is 4. The molecule has 0 radical (unpaired) electrons. The van der Waals surface area contributed by atoms with Gasteiger partial charge in [0, 0.05) is 12.1 Å². The third kappa shape index (κ3) is 3.99. The number of benzene rings is 2. The van der Waals surface area contributed by atoms with Crippen molar-refractivity contribution in [2.24, 2.45) is 0 Å². The molecule has 0 amide bonds. The first kappa shape index (κ1) is 14.9. The van der Waals surface area contributed by atoms with E-state index in [1.165, 1.54) is 0 Å². The van der Waals surface area contributed by atoms with Gasteiger partial charge in [0.1, 0.15) is 5.75 Å². The molecular weight excluding hydrogens is 266 g/mol. The Hall–Kier alpha value is -2.49. The van der Waals surface area contributed by atoms with Gasteiger partial charge in [-0.3, -0.25) is 0 Å². The van der Waals surface area contributed by atoms with Gasteiger partial charge in [0.05, 0.1) is 19.3 Å². The van der Waals surface area contributed by atoms with E-state index in [0.717, 1.165) is 16.9 Å². The Bertz CT molecular complexity index is 620. The van der Waals surface area contributed by atoms with E-state index in [9.17, 15) is 4.79 Å². The van der Waals surface area contributed by atoms with Crippen molar-refractivity contribution in [3.8, 4) is 5.75 Å². The van der Waals surface area contributed by atoms with E-state index in [1.807, 2.05) is 37.3 Å². The molecule has 0 spiro atoms. The topological polar surface area (TPSA) is 61.5 Å². The second kappa shape index (κ2) is 6.79. The van der Waals surface area contributed by atoms with Crippen LogP contribution in [0.5, 0.6) is 5.75 Å². The molecule has 0 fully saturated rings. The number of nitrogens with two attached hydrogens (primary N) is 1. The van der Waals surface area contributed by atoms with Crippen molar-refractivity contribution in [1.82, 2.24) is 0 Å². The molecule has 0 unspecified atom stereocenters. The maximum Gasteiger partial charge on any atom is 0.340 e. The Kier molecular flexibility index (Phi) is 4.82. The molecule has 110 valence electrons. The molecule has 0 saturated carbocycles. The lowest BCUT2D eigenvalue weighted by Gasteiger charge is -2.08. The third-order valence-electron chi connectivity index (χ3n) is 3.21. The average molecular weight is 285 g/mol. The number of anilines is 1. The minimum atomic E-state index is -0.385. The van der Waals surface area contributed by atoms with Gasteiger partial charge in [-0.05, 0) is 36.8 Å². The number of ether oxygens (including phenoxy) is 2. The summed E-state index contributed by atoms with van der Waals surface area (Å²) < 4.78 is 10.4. The quantitative estimate of drug-likeness (QED) is 0.677. The fourth-order valence-electron chi connectivity index (χ4n) is 1.98. The van der Waals surface area contributed by atoms with Crippen LogP contribution in [0.4, 0.5) is 5.69 Å². The number of rotatable bonds is 5. The highest BCUT2D eigenvalue weighted by molar-refractivity contribution is 5.95. The molecule has 2 rings (SSSR count). The summed E-state index contributed by atoms with van der Waals surface area (Å²) in [4.78, 5) is 12.0. The molecule has 2 aromatic carbocycles. The van der Waals surface area contributed by atoms with Gasteiger partial charge in [-0.2, -0.15) is 0 Å². The summed E-state index contributed by atoms with van der Waals surface area (Å²) in [6.07, 6.45) is 0.654. The van der Waals surface area contributed by atoms with Crippen LogP contribution in [0.2, 0.25) is 0 Å². The summed E-state index contributed by atoms with van der Waals surface area (Å²) in [6, 6.07) is 13.0. The Morgan fingerprint density at radius 2 is 1.86 bits per heavy atom. The predicted molar refractivity (Wildman–Crippen MR) is 82.6 cm³/mol. The van der Waals surface area contributed by atoms with Crippen molar-refractivity contribution in [3.63, 3.8) is 0 Å². The van der Waals surface area contributed by atoms with E-state index in [1.54, 1.807) is 19.2 Å². The zero-order valence-corrected chi connectivity index (χ0v) is 12.3. The van der Waals surface area contributed by atoms with Gasteiger partial charge in [-0.1, -0.05) is 23.8 Å². The highest BCUT2D eigenvalue weighted by Crippen LogP contribution is 2.15. The molecule has 0 aliphatic rings. The summed E-state index contributed by atoms with van der Waals surface area (Å²) in [5.41, 5.74) is 8.71. The predicted octanol–water partition coefficient (Wildman–Crippen LogP) is 2.99. The summed E-state index contributed by atoms with van der Waals surface area (Å²) in [5, 5.41) is 0. The standard InChI is InChI=1S/C17H19NO3/c1-12-3-8-16(18)15(11-12)17(19)21-10-9-13-4-6-14(20-2)7-5-13/h3-8,11H,9-10,18H2,1-2H3. The van der Waals surface area contributed by atoms with Crippen molar-refractivity contribution >= 4 is 11.7 Å². The molecule has 4 nitrogen and oxygen atoms in total. The molecule has 0 aliphatic heterocycles. The monoisotopic (exact) mass is 285 g/mol. The highest BCUT2D eigenvalue weighted by atomic mass is 16.5. The number of carbonyl (C=O) groups is 1. The summed E-state index contributed by atoms with van der Waals surface area (Å²) in [5.74, 6) is 0.424. The zero-order valence-electron chi connectivity index (χ0n) is 12.3. The van der Waals surface area contributed by atoms with E-state index in [0.29, 0.717) is 24.3 Å². The molecular formula is C17H19NO3. The van der Waals surface area contributed by atoms with E-state index >= 15 is 0 Å². The molecule has 4 heteroatoms. The smallest absolute Gasteiger partial charge is 0.340 e. The lowest BCUT2D eigenvalue weighted by Crippen LogP contribution is -2.10. The number of esters is 1. The maximum atomic E-state index is 12.0. The largest absolute Gasteiger partial charge is 0.497 e. The highest BCUT2D eigenvalue weighted by Gasteiger charge is 2.11. The second-order valence-corrected chi connectivity index (χ2v) is 4.82. The van der Waals surface area contributed by atoms with Crippen LogP contribution in [-0.4, -0.2) is 19.7 Å². The number of carbonyl (C=O) groups excluding carboxylic acids is 1. The van der Waals surface area contributed by atoms with Gasteiger partial charge in [-0.15, -0.1) is 0 Å². The van der Waals surface area contributed by atoms with Crippen molar-refractivity contribution in [2.45, 2.75) is 13.3 Å². The van der Waals surface area contributed by atoms with E-state index in [-0.39, 0.29) is 5.97 Å². The minimum absolute atomic E-state index is 0.318. The number of methoxy groups -OCH3 is 1. The van der Waals surface area contributed by atoms with Gasteiger partial charge < -0.3 is 15.2 Å². The third-order valence-corrected chi connectivity index (χ3v) is 3.21. The lowest BCUT2D eigenvalue weighted by molar-refractivity contribution is 0.0510. The molecule has 2 N–H and O–H groups in total. The van der Waals surface area contributed by atoms with Crippen molar-refractivity contribution < 1.29 is 14.3 Å². The Morgan fingerprint density at radius 3 is 2.52 bits per heavy atom.